The van der Waals surface area contributed by atoms with E-state index in [1.807, 2.05) is 43.0 Å². The first-order chi connectivity index (χ1) is 16.7. The lowest BCUT2D eigenvalue weighted by Gasteiger charge is -2.49. The first kappa shape index (κ1) is 25.7. The van der Waals surface area contributed by atoms with Gasteiger partial charge in [0.2, 0.25) is 11.7 Å². The number of nitrogens with zero attached hydrogens (tertiary/aromatic N) is 3. The summed E-state index contributed by atoms with van der Waals surface area (Å²) >= 11 is 6.06. The molecule has 0 aliphatic carbocycles. The van der Waals surface area contributed by atoms with Crippen molar-refractivity contribution < 1.29 is 18.8 Å². The highest BCUT2D eigenvalue weighted by atomic mass is 35.5. The van der Waals surface area contributed by atoms with Crippen LogP contribution in [0, 0.1) is 11.3 Å². The minimum Gasteiger partial charge on any atom is -0.376 e. The standard InChI is InChI=1S/C27H36ClN3O4/c1-18(2)16-34-22-13-27(26(33)31(15-22)14-20-6-8-21(28)9-7-20)10-5-11-30(17-27)25(32)24-12-23(19(3)4)29-35-24/h6-9,12,18-19,22H,5,10-11,13-17H2,1-4H3/t22-,27+/m0/s1. The van der Waals surface area contributed by atoms with Crippen molar-refractivity contribution in [3.63, 3.8) is 0 Å². The fourth-order valence-electron chi connectivity index (χ4n) is 5.10. The van der Waals surface area contributed by atoms with Gasteiger partial charge in [-0.1, -0.05) is 56.6 Å². The van der Waals surface area contributed by atoms with Crippen LogP contribution in [0.3, 0.4) is 0 Å². The highest BCUT2D eigenvalue weighted by molar-refractivity contribution is 6.30. The van der Waals surface area contributed by atoms with Gasteiger partial charge in [0.15, 0.2) is 0 Å². The maximum Gasteiger partial charge on any atom is 0.292 e. The molecule has 0 radical (unpaired) electrons. The van der Waals surface area contributed by atoms with Gasteiger partial charge in [0.25, 0.3) is 5.91 Å². The first-order valence-electron chi connectivity index (χ1n) is 12.6. The molecule has 2 amide bonds. The van der Waals surface area contributed by atoms with E-state index in [0.29, 0.717) is 50.1 Å². The van der Waals surface area contributed by atoms with E-state index in [9.17, 15) is 9.59 Å². The Labute approximate surface area is 212 Å². The second-order valence-corrected chi connectivity index (χ2v) is 11.2. The molecule has 35 heavy (non-hydrogen) atoms. The molecule has 2 fully saturated rings. The van der Waals surface area contributed by atoms with Crippen LogP contribution in [0.5, 0.6) is 0 Å². The van der Waals surface area contributed by atoms with Crippen LogP contribution >= 0.6 is 11.6 Å². The van der Waals surface area contributed by atoms with Gasteiger partial charge in [-0.2, -0.15) is 0 Å². The Hall–Kier alpha value is -2.38. The Morgan fingerprint density at radius 1 is 1.26 bits per heavy atom. The van der Waals surface area contributed by atoms with Crippen molar-refractivity contribution in [2.24, 2.45) is 11.3 Å². The van der Waals surface area contributed by atoms with Crippen molar-refractivity contribution in [2.75, 3.05) is 26.2 Å². The quantitative estimate of drug-likeness (QED) is 0.524. The van der Waals surface area contributed by atoms with Gasteiger partial charge in [0, 0.05) is 43.9 Å². The molecule has 1 aromatic carbocycles. The van der Waals surface area contributed by atoms with Crippen molar-refractivity contribution in [1.29, 1.82) is 0 Å². The number of carbonyl (C=O) groups is 2. The lowest BCUT2D eigenvalue weighted by molar-refractivity contribution is -0.160. The van der Waals surface area contributed by atoms with Crippen molar-refractivity contribution >= 4 is 23.4 Å². The minimum absolute atomic E-state index is 0.0738. The fourth-order valence-corrected chi connectivity index (χ4v) is 5.23. The Kier molecular flexibility index (Phi) is 7.86. The number of rotatable bonds is 7. The number of likely N-dealkylation sites (tertiary alicyclic amines) is 2. The number of ether oxygens (including phenoxy) is 1. The summed E-state index contributed by atoms with van der Waals surface area (Å²) in [6.45, 7) is 10.9. The Balaban J connectivity index is 1.56. The molecular formula is C27H36ClN3O4. The zero-order chi connectivity index (χ0) is 25.2. The molecule has 2 atom stereocenters. The van der Waals surface area contributed by atoms with Crippen LogP contribution in [0.25, 0.3) is 0 Å². The summed E-state index contributed by atoms with van der Waals surface area (Å²) in [5, 5.41) is 4.71. The average molecular weight is 502 g/mol. The summed E-state index contributed by atoms with van der Waals surface area (Å²) in [4.78, 5) is 30.9. The molecular weight excluding hydrogens is 466 g/mol. The molecule has 0 unspecified atom stereocenters. The van der Waals surface area contributed by atoms with Crippen LogP contribution in [-0.2, 0) is 16.1 Å². The van der Waals surface area contributed by atoms with Crippen molar-refractivity contribution in [3.05, 3.63) is 52.4 Å². The second-order valence-electron chi connectivity index (χ2n) is 10.7. The largest absolute Gasteiger partial charge is 0.376 e. The molecule has 1 spiro atoms. The normalized spacial score (nSPS) is 23.1. The third-order valence-electron chi connectivity index (χ3n) is 6.93. The van der Waals surface area contributed by atoms with E-state index in [2.05, 4.69) is 19.0 Å². The van der Waals surface area contributed by atoms with E-state index in [0.717, 1.165) is 24.1 Å². The van der Waals surface area contributed by atoms with E-state index >= 15 is 0 Å². The molecule has 2 aromatic rings. The molecule has 4 rings (SSSR count). The number of piperidine rings is 2. The molecule has 2 aliphatic heterocycles. The number of benzene rings is 1. The molecule has 3 heterocycles. The molecule has 2 aliphatic rings. The van der Waals surface area contributed by atoms with Crippen LogP contribution in [0.1, 0.15) is 74.7 Å². The minimum atomic E-state index is -0.666. The molecule has 8 heteroatoms. The zero-order valence-electron chi connectivity index (χ0n) is 21.1. The molecule has 1 aromatic heterocycles. The highest BCUT2D eigenvalue weighted by Gasteiger charge is 2.50. The van der Waals surface area contributed by atoms with Gasteiger partial charge in [-0.15, -0.1) is 0 Å². The van der Waals surface area contributed by atoms with E-state index in [1.165, 1.54) is 0 Å². The Morgan fingerprint density at radius 2 is 2.00 bits per heavy atom. The average Bonchev–Trinajstić information content (AvgIpc) is 3.33. The second kappa shape index (κ2) is 10.7. The Bertz CT molecular complexity index is 1040. The predicted molar refractivity (Wildman–Crippen MR) is 134 cm³/mol. The van der Waals surface area contributed by atoms with Gasteiger partial charge >= 0.3 is 0 Å². The van der Waals surface area contributed by atoms with Crippen LogP contribution in [-0.4, -0.2) is 59.1 Å². The van der Waals surface area contributed by atoms with Gasteiger partial charge in [-0.05, 0) is 48.8 Å². The first-order valence-corrected chi connectivity index (χ1v) is 13.0. The summed E-state index contributed by atoms with van der Waals surface area (Å²) in [5.41, 5.74) is 1.11. The fraction of sp³-hybridized carbons (Fsp3) is 0.593. The van der Waals surface area contributed by atoms with Gasteiger partial charge in [-0.25, -0.2) is 0 Å². The molecule has 0 N–H and O–H groups in total. The Morgan fingerprint density at radius 3 is 2.66 bits per heavy atom. The monoisotopic (exact) mass is 501 g/mol. The van der Waals surface area contributed by atoms with Crippen molar-refractivity contribution in [1.82, 2.24) is 15.0 Å². The van der Waals surface area contributed by atoms with E-state index in [4.69, 9.17) is 20.9 Å². The van der Waals surface area contributed by atoms with Crippen LogP contribution < -0.4 is 0 Å². The van der Waals surface area contributed by atoms with Crippen molar-refractivity contribution in [2.45, 2.75) is 65.5 Å². The van der Waals surface area contributed by atoms with Crippen LogP contribution in [0.15, 0.2) is 34.9 Å². The third-order valence-corrected chi connectivity index (χ3v) is 7.18. The van der Waals surface area contributed by atoms with Gasteiger partial charge in [0.1, 0.15) is 0 Å². The number of hydrogen-bond donors (Lipinski definition) is 0. The number of hydrogen-bond acceptors (Lipinski definition) is 5. The topological polar surface area (TPSA) is 75.9 Å². The molecule has 190 valence electrons. The number of halogens is 1. The highest BCUT2D eigenvalue weighted by Crippen LogP contribution is 2.41. The zero-order valence-corrected chi connectivity index (χ0v) is 21.9. The molecule has 0 bridgehead atoms. The van der Waals surface area contributed by atoms with E-state index < -0.39 is 5.41 Å². The maximum atomic E-state index is 13.9. The number of carbonyl (C=O) groups excluding carboxylic acids is 2. The summed E-state index contributed by atoms with van der Waals surface area (Å²) < 4.78 is 11.6. The summed E-state index contributed by atoms with van der Waals surface area (Å²) in [6, 6.07) is 9.31. The molecule has 7 nitrogen and oxygen atoms in total. The third kappa shape index (κ3) is 5.89. The predicted octanol–water partition coefficient (Wildman–Crippen LogP) is 5.15. The lowest BCUT2D eigenvalue weighted by Crippen LogP contribution is -2.60. The van der Waals surface area contributed by atoms with Crippen LogP contribution in [0.2, 0.25) is 5.02 Å². The lowest BCUT2D eigenvalue weighted by atomic mass is 9.72. The van der Waals surface area contributed by atoms with Gasteiger partial charge < -0.3 is 19.1 Å². The molecule has 0 saturated carbocycles. The van der Waals surface area contributed by atoms with E-state index in [1.54, 1.807) is 11.0 Å². The maximum absolute atomic E-state index is 13.9. The summed E-state index contributed by atoms with van der Waals surface area (Å²) in [5.74, 6) is 0.702. The van der Waals surface area contributed by atoms with E-state index in [-0.39, 0.29) is 29.6 Å². The number of aromatic nitrogens is 1. The smallest absolute Gasteiger partial charge is 0.292 e. The summed E-state index contributed by atoms with van der Waals surface area (Å²) in [7, 11) is 0. The molecule has 2 saturated heterocycles. The van der Waals surface area contributed by atoms with Gasteiger partial charge in [0.05, 0.1) is 17.2 Å². The summed E-state index contributed by atoms with van der Waals surface area (Å²) in [6.07, 6.45) is 2.04. The SMILES string of the molecule is CC(C)CO[C@@H]1CN(Cc2ccc(Cl)cc2)C(=O)[C@]2(CCCN(C(=O)c3cc(C(C)C)no3)C2)C1. The van der Waals surface area contributed by atoms with Gasteiger partial charge in [-0.3, -0.25) is 9.59 Å². The van der Waals surface area contributed by atoms with Crippen LogP contribution in [0.4, 0.5) is 0 Å². The van der Waals surface area contributed by atoms with Crippen molar-refractivity contribution in [3.8, 4) is 0 Å². The number of amides is 2.